The Labute approximate surface area is 99.9 Å². The van der Waals surface area contributed by atoms with Crippen LogP contribution < -0.4 is 5.32 Å². The maximum atomic E-state index is 11.2. The van der Waals surface area contributed by atoms with Crippen molar-refractivity contribution in [3.8, 4) is 0 Å². The molecule has 92 valence electrons. The Morgan fingerprint density at radius 2 is 2.38 bits per heavy atom. The molecule has 0 aliphatic rings. The summed E-state index contributed by atoms with van der Waals surface area (Å²) in [5.74, 6) is 0.880. The quantitative estimate of drug-likeness (QED) is 0.795. The minimum Gasteiger partial charge on any atom is -0.354 e. The molecule has 0 bridgehead atoms. The lowest BCUT2D eigenvalue weighted by Gasteiger charge is -2.12. The van der Waals surface area contributed by atoms with E-state index in [0.29, 0.717) is 6.54 Å². The molecular weight excluding hydrogens is 222 g/mol. The number of nitrogens with zero attached hydrogens (tertiary/aromatic N) is 2. The van der Waals surface area contributed by atoms with Crippen molar-refractivity contribution in [2.75, 3.05) is 18.1 Å². The van der Waals surface area contributed by atoms with E-state index < -0.39 is 10.8 Å². The fourth-order valence-electron chi connectivity index (χ4n) is 1.34. The number of aryl methyl sites for hydroxylation is 1. The molecular formula is C11H21N3OS. The van der Waals surface area contributed by atoms with Crippen LogP contribution in [0.15, 0.2) is 12.4 Å². The van der Waals surface area contributed by atoms with E-state index in [-0.39, 0.29) is 5.25 Å². The first-order valence-corrected chi connectivity index (χ1v) is 7.34. The van der Waals surface area contributed by atoms with Gasteiger partial charge in [0, 0.05) is 47.8 Å². The first-order valence-electron chi connectivity index (χ1n) is 5.72. The van der Waals surface area contributed by atoms with E-state index in [4.69, 9.17) is 0 Å². The zero-order chi connectivity index (χ0) is 12.0. The third-order valence-electron chi connectivity index (χ3n) is 2.58. The summed E-state index contributed by atoms with van der Waals surface area (Å²) < 4.78 is 13.3. The fourth-order valence-corrected chi connectivity index (χ4v) is 1.66. The number of aromatic nitrogens is 2. The number of hydrogen-bond acceptors (Lipinski definition) is 3. The number of imidazole rings is 1. The zero-order valence-corrected chi connectivity index (χ0v) is 11.1. The average molecular weight is 243 g/mol. The Morgan fingerprint density at radius 1 is 1.62 bits per heavy atom. The normalized spacial score (nSPS) is 14.7. The van der Waals surface area contributed by atoms with E-state index >= 15 is 0 Å². The second kappa shape index (κ2) is 6.68. The van der Waals surface area contributed by atoms with Gasteiger partial charge in [0.05, 0.1) is 0 Å². The van der Waals surface area contributed by atoms with Crippen LogP contribution in [0.25, 0.3) is 0 Å². The van der Waals surface area contributed by atoms with Gasteiger partial charge in [0.25, 0.3) is 0 Å². The molecule has 16 heavy (non-hydrogen) atoms. The Hall–Kier alpha value is -0.840. The largest absolute Gasteiger partial charge is 0.354 e. The van der Waals surface area contributed by atoms with Crippen molar-refractivity contribution >= 4 is 16.7 Å². The summed E-state index contributed by atoms with van der Waals surface area (Å²) in [6, 6.07) is 0. The third-order valence-corrected chi connectivity index (χ3v) is 3.88. The summed E-state index contributed by atoms with van der Waals surface area (Å²) in [5, 5.41) is 3.39. The summed E-state index contributed by atoms with van der Waals surface area (Å²) >= 11 is 0. The van der Waals surface area contributed by atoms with Gasteiger partial charge >= 0.3 is 0 Å². The zero-order valence-electron chi connectivity index (χ0n) is 10.3. The summed E-state index contributed by atoms with van der Waals surface area (Å²) in [6.07, 6.45) is 7.83. The molecule has 0 saturated heterocycles. The number of anilines is 1. The average Bonchev–Trinajstić information content (AvgIpc) is 2.70. The summed E-state index contributed by atoms with van der Waals surface area (Å²) in [4.78, 5) is 4.25. The lowest BCUT2D eigenvalue weighted by Crippen LogP contribution is -2.22. The van der Waals surface area contributed by atoms with Crippen LogP contribution in [0.5, 0.6) is 0 Å². The molecule has 0 radical (unpaired) electrons. The molecule has 5 heteroatoms. The van der Waals surface area contributed by atoms with E-state index in [1.54, 1.807) is 12.5 Å². The van der Waals surface area contributed by atoms with Crippen LogP contribution >= 0.6 is 0 Å². The van der Waals surface area contributed by atoms with Gasteiger partial charge < -0.3 is 9.88 Å². The van der Waals surface area contributed by atoms with Gasteiger partial charge in [-0.1, -0.05) is 13.3 Å². The van der Waals surface area contributed by atoms with Crippen molar-refractivity contribution < 1.29 is 4.21 Å². The van der Waals surface area contributed by atoms with Gasteiger partial charge in [-0.3, -0.25) is 4.21 Å². The minimum atomic E-state index is -0.783. The SMILES string of the molecule is CCCCn1ccnc1NCC(C)S(C)=O. The molecule has 0 saturated carbocycles. The molecule has 2 atom stereocenters. The smallest absolute Gasteiger partial charge is 0.202 e. The predicted molar refractivity (Wildman–Crippen MR) is 69.2 cm³/mol. The number of hydrogen-bond donors (Lipinski definition) is 1. The van der Waals surface area contributed by atoms with E-state index in [9.17, 15) is 4.21 Å². The predicted octanol–water partition coefficient (Wildman–Crippen LogP) is 1.86. The lowest BCUT2D eigenvalue weighted by molar-refractivity contribution is 0.634. The molecule has 1 aromatic heterocycles. The molecule has 0 amide bonds. The highest BCUT2D eigenvalue weighted by Gasteiger charge is 2.07. The fraction of sp³-hybridized carbons (Fsp3) is 0.727. The highest BCUT2D eigenvalue weighted by molar-refractivity contribution is 7.84. The van der Waals surface area contributed by atoms with Crippen molar-refractivity contribution in [1.29, 1.82) is 0 Å². The van der Waals surface area contributed by atoms with E-state index in [0.717, 1.165) is 18.9 Å². The van der Waals surface area contributed by atoms with Gasteiger partial charge in [0.15, 0.2) is 0 Å². The van der Waals surface area contributed by atoms with Gasteiger partial charge in [-0.15, -0.1) is 0 Å². The summed E-state index contributed by atoms with van der Waals surface area (Å²) in [7, 11) is -0.783. The van der Waals surface area contributed by atoms with Crippen molar-refractivity contribution in [3.05, 3.63) is 12.4 Å². The second-order valence-electron chi connectivity index (χ2n) is 3.99. The van der Waals surface area contributed by atoms with Crippen LogP contribution in [-0.4, -0.2) is 31.8 Å². The van der Waals surface area contributed by atoms with Crippen molar-refractivity contribution in [2.24, 2.45) is 0 Å². The monoisotopic (exact) mass is 243 g/mol. The molecule has 0 spiro atoms. The molecule has 1 heterocycles. The molecule has 1 N–H and O–H groups in total. The van der Waals surface area contributed by atoms with Gasteiger partial charge in [0.1, 0.15) is 0 Å². The van der Waals surface area contributed by atoms with Gasteiger partial charge in [-0.25, -0.2) is 4.98 Å². The second-order valence-corrected chi connectivity index (χ2v) is 5.79. The van der Waals surface area contributed by atoms with Crippen molar-refractivity contribution in [3.63, 3.8) is 0 Å². The molecule has 0 aliphatic carbocycles. The summed E-state index contributed by atoms with van der Waals surface area (Å²) in [6.45, 7) is 5.84. The molecule has 0 aromatic carbocycles. The molecule has 0 aliphatic heterocycles. The molecule has 1 aromatic rings. The Bertz CT molecular complexity index is 338. The maximum absolute atomic E-state index is 11.2. The molecule has 4 nitrogen and oxygen atoms in total. The first-order chi connectivity index (χ1) is 7.65. The first kappa shape index (κ1) is 13.2. The third kappa shape index (κ3) is 3.96. The van der Waals surface area contributed by atoms with Gasteiger partial charge in [-0.05, 0) is 13.3 Å². The van der Waals surface area contributed by atoms with Gasteiger partial charge in [0.2, 0.25) is 5.95 Å². The number of nitrogens with one attached hydrogen (secondary N) is 1. The van der Waals surface area contributed by atoms with Gasteiger partial charge in [-0.2, -0.15) is 0 Å². The Kier molecular flexibility index (Phi) is 5.52. The molecule has 2 unspecified atom stereocenters. The van der Waals surface area contributed by atoms with Crippen LogP contribution in [0.3, 0.4) is 0 Å². The topological polar surface area (TPSA) is 46.9 Å². The van der Waals surface area contributed by atoms with Crippen LogP contribution in [0.4, 0.5) is 5.95 Å². The lowest BCUT2D eigenvalue weighted by atomic mass is 10.3. The van der Waals surface area contributed by atoms with Crippen molar-refractivity contribution in [2.45, 2.75) is 38.5 Å². The number of rotatable bonds is 7. The summed E-state index contributed by atoms with van der Waals surface area (Å²) in [5.41, 5.74) is 0. The standard InChI is InChI=1S/C11H21N3OS/c1-4-5-7-14-8-6-12-11(14)13-9-10(2)16(3)15/h6,8,10H,4-5,7,9H2,1-3H3,(H,12,13). The Balaban J connectivity index is 2.47. The molecule has 1 rings (SSSR count). The van der Waals surface area contributed by atoms with Crippen LogP contribution in [0, 0.1) is 0 Å². The number of unbranched alkanes of at least 4 members (excludes halogenated alkanes) is 1. The van der Waals surface area contributed by atoms with Crippen molar-refractivity contribution in [1.82, 2.24) is 9.55 Å². The van der Waals surface area contributed by atoms with E-state index in [1.807, 2.05) is 13.1 Å². The van der Waals surface area contributed by atoms with Crippen LogP contribution in [0.1, 0.15) is 26.7 Å². The van der Waals surface area contributed by atoms with Crippen LogP contribution in [0.2, 0.25) is 0 Å². The van der Waals surface area contributed by atoms with E-state index in [1.165, 1.54) is 6.42 Å². The van der Waals surface area contributed by atoms with Crippen LogP contribution in [-0.2, 0) is 17.3 Å². The molecule has 0 fully saturated rings. The maximum Gasteiger partial charge on any atom is 0.202 e. The highest BCUT2D eigenvalue weighted by atomic mass is 32.2. The minimum absolute atomic E-state index is 0.149. The highest BCUT2D eigenvalue weighted by Crippen LogP contribution is 2.07. The Morgan fingerprint density at radius 3 is 3.00 bits per heavy atom. The van der Waals surface area contributed by atoms with E-state index in [2.05, 4.69) is 21.8 Å².